The lowest BCUT2D eigenvalue weighted by Crippen LogP contribution is -2.45. The van der Waals surface area contributed by atoms with Crippen molar-refractivity contribution in [2.75, 3.05) is 26.2 Å². The van der Waals surface area contributed by atoms with E-state index in [0.29, 0.717) is 0 Å². The molecule has 1 aromatic heterocycles. The summed E-state index contributed by atoms with van der Waals surface area (Å²) in [5.41, 5.74) is 2.45. The van der Waals surface area contributed by atoms with Crippen LogP contribution in [0.15, 0.2) is 48.7 Å². The molecule has 1 aliphatic rings. The van der Waals surface area contributed by atoms with Gasteiger partial charge < -0.3 is 10.2 Å². The highest BCUT2D eigenvalue weighted by atomic mass is 35.5. The van der Waals surface area contributed by atoms with Crippen molar-refractivity contribution in [2.45, 2.75) is 13.1 Å². The fourth-order valence-electron chi connectivity index (χ4n) is 2.72. The van der Waals surface area contributed by atoms with Gasteiger partial charge in [-0.15, -0.1) is 0 Å². The van der Waals surface area contributed by atoms with Gasteiger partial charge in [0.25, 0.3) is 0 Å². The van der Waals surface area contributed by atoms with Crippen LogP contribution in [0.4, 0.5) is 0 Å². The highest BCUT2D eigenvalue weighted by molar-refractivity contribution is 6.30. The molecule has 3 rings (SSSR count). The third-order valence-corrected chi connectivity index (χ3v) is 4.29. The van der Waals surface area contributed by atoms with Crippen molar-refractivity contribution >= 4 is 23.5 Å². The molecule has 1 aliphatic heterocycles. The van der Waals surface area contributed by atoms with Gasteiger partial charge in [0.05, 0.1) is 5.69 Å². The summed E-state index contributed by atoms with van der Waals surface area (Å²) in [6.45, 7) is 6.32. The molecule has 2 aromatic rings. The number of piperazine rings is 1. The largest absolute Gasteiger partial charge is 0.473 e. The van der Waals surface area contributed by atoms with Gasteiger partial charge in [0.15, 0.2) is 0 Å². The van der Waals surface area contributed by atoms with E-state index in [1.54, 1.807) is 0 Å². The van der Waals surface area contributed by atoms with Gasteiger partial charge in [0, 0.05) is 50.5 Å². The molecule has 0 radical (unpaired) electrons. The quantitative estimate of drug-likeness (QED) is 0.771. The van der Waals surface area contributed by atoms with Gasteiger partial charge in [-0.05, 0) is 29.8 Å². The fraction of sp³-hybridized carbons (Fsp3) is 0.316. The predicted molar refractivity (Wildman–Crippen MR) is 102 cm³/mol. The summed E-state index contributed by atoms with van der Waals surface area (Å²) >= 11 is 6.04. The lowest BCUT2D eigenvalue weighted by atomic mass is 10.2. The van der Waals surface area contributed by atoms with Gasteiger partial charge in [-0.25, -0.2) is 9.59 Å². The van der Waals surface area contributed by atoms with Crippen LogP contribution in [0, 0.1) is 0 Å². The van der Waals surface area contributed by atoms with Crippen LogP contribution in [-0.2, 0) is 22.7 Å². The highest BCUT2D eigenvalue weighted by Crippen LogP contribution is 2.14. The topological polar surface area (TPSA) is 94.0 Å². The number of carbonyl (C=O) groups is 2. The number of benzene rings is 1. The molecular formula is C19H22ClN3O4. The molecule has 1 fully saturated rings. The van der Waals surface area contributed by atoms with E-state index >= 15 is 0 Å². The standard InChI is InChI=1S/C17H20ClN3.C2H2O4/c18-16-5-3-4-15(12-16)13-20-8-10-21(11-9-20)14-17-6-1-2-7-19-17;3-1(4)2(5)6/h1-7,12H,8-11,13-14H2;(H,3,4)(H,5,6). The van der Waals surface area contributed by atoms with Crippen LogP contribution in [0.25, 0.3) is 0 Å². The van der Waals surface area contributed by atoms with E-state index in [1.165, 1.54) is 5.56 Å². The van der Waals surface area contributed by atoms with E-state index in [0.717, 1.165) is 50.0 Å². The molecule has 0 unspecified atom stereocenters. The summed E-state index contributed by atoms with van der Waals surface area (Å²) in [4.78, 5) is 27.6. The summed E-state index contributed by atoms with van der Waals surface area (Å²) in [6.07, 6.45) is 1.87. The van der Waals surface area contributed by atoms with E-state index in [-0.39, 0.29) is 0 Å². The van der Waals surface area contributed by atoms with Gasteiger partial charge in [-0.3, -0.25) is 14.8 Å². The number of nitrogens with zero attached hydrogens (tertiary/aromatic N) is 3. The van der Waals surface area contributed by atoms with Crippen molar-refractivity contribution in [1.29, 1.82) is 0 Å². The zero-order valence-electron chi connectivity index (χ0n) is 14.8. The molecule has 27 heavy (non-hydrogen) atoms. The number of hydrogen-bond donors (Lipinski definition) is 2. The van der Waals surface area contributed by atoms with Gasteiger partial charge in [-0.1, -0.05) is 29.8 Å². The van der Waals surface area contributed by atoms with Gasteiger partial charge >= 0.3 is 11.9 Å². The average molecular weight is 392 g/mol. The first-order valence-corrected chi connectivity index (χ1v) is 8.87. The summed E-state index contributed by atoms with van der Waals surface area (Å²) in [7, 11) is 0. The zero-order chi connectivity index (χ0) is 19.6. The minimum absolute atomic E-state index is 0.821. The third kappa shape index (κ3) is 7.74. The maximum atomic E-state index is 9.10. The Morgan fingerprint density at radius 1 is 0.926 bits per heavy atom. The molecule has 2 N–H and O–H groups in total. The normalized spacial score (nSPS) is 14.9. The minimum atomic E-state index is -1.82. The third-order valence-electron chi connectivity index (χ3n) is 4.05. The lowest BCUT2D eigenvalue weighted by molar-refractivity contribution is -0.159. The van der Waals surface area contributed by atoms with Crippen molar-refractivity contribution in [1.82, 2.24) is 14.8 Å². The van der Waals surface area contributed by atoms with Gasteiger partial charge in [-0.2, -0.15) is 0 Å². The van der Waals surface area contributed by atoms with Gasteiger partial charge in [0.2, 0.25) is 0 Å². The zero-order valence-corrected chi connectivity index (χ0v) is 15.5. The molecular weight excluding hydrogens is 370 g/mol. The van der Waals surface area contributed by atoms with Crippen LogP contribution in [-0.4, -0.2) is 63.1 Å². The molecule has 0 amide bonds. The number of carboxylic acid groups (broad SMARTS) is 2. The molecule has 0 atom stereocenters. The fourth-order valence-corrected chi connectivity index (χ4v) is 2.93. The highest BCUT2D eigenvalue weighted by Gasteiger charge is 2.17. The Morgan fingerprint density at radius 3 is 2.07 bits per heavy atom. The van der Waals surface area contributed by atoms with Crippen molar-refractivity contribution in [2.24, 2.45) is 0 Å². The van der Waals surface area contributed by atoms with E-state index in [2.05, 4.69) is 39.0 Å². The van der Waals surface area contributed by atoms with Crippen molar-refractivity contribution in [3.05, 3.63) is 64.9 Å². The number of hydrogen-bond acceptors (Lipinski definition) is 5. The molecule has 0 bridgehead atoms. The molecule has 144 valence electrons. The second kappa shape index (κ2) is 10.6. The van der Waals surface area contributed by atoms with Crippen LogP contribution < -0.4 is 0 Å². The number of carboxylic acids is 2. The van der Waals surface area contributed by atoms with Crippen LogP contribution in [0.2, 0.25) is 5.02 Å². The average Bonchev–Trinajstić information content (AvgIpc) is 2.65. The summed E-state index contributed by atoms with van der Waals surface area (Å²) in [5.74, 6) is -3.65. The minimum Gasteiger partial charge on any atom is -0.473 e. The van der Waals surface area contributed by atoms with Crippen molar-refractivity contribution < 1.29 is 19.8 Å². The maximum Gasteiger partial charge on any atom is 0.414 e. The first-order valence-electron chi connectivity index (χ1n) is 8.49. The van der Waals surface area contributed by atoms with Crippen molar-refractivity contribution in [3.63, 3.8) is 0 Å². The summed E-state index contributed by atoms with van der Waals surface area (Å²) < 4.78 is 0. The van der Waals surface area contributed by atoms with E-state index in [1.807, 2.05) is 24.4 Å². The Balaban J connectivity index is 0.000000380. The molecule has 0 saturated carbocycles. The number of rotatable bonds is 4. The van der Waals surface area contributed by atoms with Crippen molar-refractivity contribution in [3.8, 4) is 0 Å². The molecule has 1 saturated heterocycles. The second-order valence-corrected chi connectivity index (χ2v) is 6.55. The van der Waals surface area contributed by atoms with Crippen LogP contribution in [0.1, 0.15) is 11.3 Å². The molecule has 0 aliphatic carbocycles. The molecule has 7 nitrogen and oxygen atoms in total. The van der Waals surface area contributed by atoms with Gasteiger partial charge in [0.1, 0.15) is 0 Å². The Labute approximate surface area is 162 Å². The second-order valence-electron chi connectivity index (χ2n) is 6.11. The number of halogens is 1. The lowest BCUT2D eigenvalue weighted by Gasteiger charge is -2.34. The Bertz CT molecular complexity index is 738. The molecule has 2 heterocycles. The van der Waals surface area contributed by atoms with Crippen LogP contribution in [0.3, 0.4) is 0 Å². The summed E-state index contributed by atoms with van der Waals surface area (Å²) in [6, 6.07) is 14.3. The van der Waals surface area contributed by atoms with Crippen LogP contribution in [0.5, 0.6) is 0 Å². The Hall–Kier alpha value is -2.48. The number of pyridine rings is 1. The first kappa shape index (κ1) is 20.8. The van der Waals surface area contributed by atoms with Crippen LogP contribution >= 0.6 is 11.6 Å². The van der Waals surface area contributed by atoms with E-state index in [9.17, 15) is 0 Å². The van der Waals surface area contributed by atoms with E-state index < -0.39 is 11.9 Å². The SMILES string of the molecule is Clc1cccc(CN2CCN(Cc3ccccn3)CC2)c1.O=C(O)C(=O)O. The molecule has 8 heteroatoms. The number of aromatic nitrogens is 1. The Kier molecular flexibility index (Phi) is 8.19. The smallest absolute Gasteiger partial charge is 0.414 e. The molecule has 1 aromatic carbocycles. The molecule has 0 spiro atoms. The number of aliphatic carboxylic acids is 2. The maximum absolute atomic E-state index is 9.10. The van der Waals surface area contributed by atoms with E-state index in [4.69, 9.17) is 31.4 Å². The Morgan fingerprint density at radius 2 is 1.56 bits per heavy atom. The monoisotopic (exact) mass is 391 g/mol. The predicted octanol–water partition coefficient (Wildman–Crippen LogP) is 2.21. The first-order chi connectivity index (χ1) is 12.9. The summed E-state index contributed by atoms with van der Waals surface area (Å²) in [5, 5.41) is 15.6.